The molecule has 90 valence electrons. The molecule has 0 aliphatic rings. The number of hydrogen-bond donors (Lipinski definition) is 2. The molecule has 0 fully saturated rings. The molecule has 0 aliphatic carbocycles. The number of nitrogens with zero attached hydrogens (tertiary/aromatic N) is 1. The normalized spacial score (nSPS) is 9.12. The number of rotatable bonds is 4. The average molecular weight is 244 g/mol. The molecule has 0 saturated heterocycles. The molecule has 0 aliphatic heterocycles. The molecule has 1 aromatic rings. The second kappa shape index (κ2) is 6.95. The zero-order valence-corrected chi connectivity index (χ0v) is 10.4. The third-order valence-corrected chi connectivity index (χ3v) is 2.26. The number of carbonyl (C=O) groups is 1. The van der Waals surface area contributed by atoms with Gasteiger partial charge in [-0.2, -0.15) is 0 Å². The summed E-state index contributed by atoms with van der Waals surface area (Å²) in [7, 11) is 0. The molecule has 4 nitrogen and oxygen atoms in total. The van der Waals surface area contributed by atoms with E-state index in [1.807, 2.05) is 24.3 Å². The molecule has 0 atom stereocenters. The molecule has 0 spiro atoms. The van der Waals surface area contributed by atoms with E-state index in [4.69, 9.17) is 5.73 Å². The van der Waals surface area contributed by atoms with Gasteiger partial charge in [-0.1, -0.05) is 0 Å². The van der Waals surface area contributed by atoms with Gasteiger partial charge in [0.1, 0.15) is 0 Å². The summed E-state index contributed by atoms with van der Waals surface area (Å²) in [6, 6.07) is 7.10. The number of urea groups is 1. The van der Waals surface area contributed by atoms with Crippen LogP contribution in [-0.4, -0.2) is 19.1 Å². The number of hydrogen-bond acceptors (Lipinski definition) is 2. The van der Waals surface area contributed by atoms with Gasteiger partial charge in [0.2, 0.25) is 0 Å². The van der Waals surface area contributed by atoms with E-state index in [1.54, 1.807) is 0 Å². The Balaban J connectivity index is 0.00000225. The lowest BCUT2D eigenvalue weighted by molar-refractivity contribution is 0.259. The fraction of sp³-hybridized carbons (Fsp3) is 0.364. The number of nitrogens with two attached hydrogens (primary N) is 1. The highest BCUT2D eigenvalue weighted by Crippen LogP contribution is 2.17. The van der Waals surface area contributed by atoms with Crippen LogP contribution in [0.5, 0.6) is 0 Å². The zero-order chi connectivity index (χ0) is 11.3. The van der Waals surface area contributed by atoms with Gasteiger partial charge in [-0.25, -0.2) is 4.79 Å². The van der Waals surface area contributed by atoms with Crippen molar-refractivity contribution < 1.29 is 4.79 Å². The van der Waals surface area contributed by atoms with E-state index in [1.165, 1.54) is 0 Å². The zero-order valence-electron chi connectivity index (χ0n) is 9.56. The maximum absolute atomic E-state index is 10.6. The Kier molecular flexibility index (Phi) is 6.34. The van der Waals surface area contributed by atoms with Gasteiger partial charge >= 0.3 is 6.03 Å². The van der Waals surface area contributed by atoms with Crippen LogP contribution >= 0.6 is 12.4 Å². The summed E-state index contributed by atoms with van der Waals surface area (Å²) in [5, 5.41) is 2.53. The van der Waals surface area contributed by atoms with E-state index in [9.17, 15) is 4.79 Å². The number of primary amides is 1. The summed E-state index contributed by atoms with van der Waals surface area (Å²) in [6.07, 6.45) is 0. The fourth-order valence-corrected chi connectivity index (χ4v) is 1.49. The van der Waals surface area contributed by atoms with E-state index in [0.717, 1.165) is 24.5 Å². The van der Waals surface area contributed by atoms with Crippen molar-refractivity contribution in [3.63, 3.8) is 0 Å². The van der Waals surface area contributed by atoms with Crippen molar-refractivity contribution in [2.24, 2.45) is 5.73 Å². The second-order valence-corrected chi connectivity index (χ2v) is 3.21. The van der Waals surface area contributed by atoms with Gasteiger partial charge in [0, 0.05) is 24.5 Å². The molecule has 0 unspecified atom stereocenters. The average Bonchev–Trinajstić information content (AvgIpc) is 2.21. The first-order valence-electron chi connectivity index (χ1n) is 5.08. The quantitative estimate of drug-likeness (QED) is 0.854. The lowest BCUT2D eigenvalue weighted by atomic mass is 10.2. The van der Waals surface area contributed by atoms with Gasteiger partial charge in [-0.05, 0) is 38.1 Å². The Morgan fingerprint density at radius 1 is 1.25 bits per heavy atom. The molecule has 0 bridgehead atoms. The maximum atomic E-state index is 10.6. The Morgan fingerprint density at radius 2 is 1.75 bits per heavy atom. The molecule has 1 aromatic carbocycles. The number of benzene rings is 1. The van der Waals surface area contributed by atoms with E-state index in [-0.39, 0.29) is 12.4 Å². The third kappa shape index (κ3) is 3.98. The van der Waals surface area contributed by atoms with Crippen LogP contribution in [0, 0.1) is 0 Å². The van der Waals surface area contributed by atoms with Crippen molar-refractivity contribution in [3.8, 4) is 0 Å². The van der Waals surface area contributed by atoms with Crippen LogP contribution in [0.25, 0.3) is 0 Å². The van der Waals surface area contributed by atoms with E-state index < -0.39 is 6.03 Å². The predicted octanol–water partition coefficient (Wildman–Crippen LogP) is 2.45. The maximum Gasteiger partial charge on any atom is 0.316 e. The van der Waals surface area contributed by atoms with Crippen LogP contribution in [-0.2, 0) is 0 Å². The monoisotopic (exact) mass is 243 g/mol. The summed E-state index contributed by atoms with van der Waals surface area (Å²) in [6.45, 7) is 6.16. The lowest BCUT2D eigenvalue weighted by Gasteiger charge is -2.21. The van der Waals surface area contributed by atoms with E-state index >= 15 is 0 Å². The Labute approximate surface area is 102 Å². The first-order valence-corrected chi connectivity index (χ1v) is 5.08. The van der Waals surface area contributed by atoms with Crippen LogP contribution in [0.1, 0.15) is 13.8 Å². The molecule has 0 aromatic heterocycles. The molecule has 16 heavy (non-hydrogen) atoms. The second-order valence-electron chi connectivity index (χ2n) is 3.21. The number of carbonyl (C=O) groups excluding carboxylic acids is 1. The molecule has 0 radical (unpaired) electrons. The summed E-state index contributed by atoms with van der Waals surface area (Å²) in [5.41, 5.74) is 6.88. The predicted molar refractivity (Wildman–Crippen MR) is 70.5 cm³/mol. The van der Waals surface area contributed by atoms with Crippen molar-refractivity contribution in [1.82, 2.24) is 0 Å². The molecule has 2 amide bonds. The highest BCUT2D eigenvalue weighted by atomic mass is 35.5. The number of nitrogens with one attached hydrogen (secondary N) is 1. The summed E-state index contributed by atoms with van der Waals surface area (Å²) in [5.74, 6) is 0. The van der Waals surface area contributed by atoms with Gasteiger partial charge in [0.05, 0.1) is 0 Å². The Morgan fingerprint density at radius 3 is 2.12 bits per heavy atom. The van der Waals surface area contributed by atoms with E-state index in [0.29, 0.717) is 0 Å². The van der Waals surface area contributed by atoms with Crippen molar-refractivity contribution >= 4 is 29.8 Å². The standard InChI is InChI=1S/C11H17N3O.ClH/c1-3-14(4-2)10-7-5-9(6-8-10)13-11(12)15;/h5-8H,3-4H2,1-2H3,(H3,12,13,15);1H. The number of anilines is 2. The molecule has 3 N–H and O–H groups in total. The first kappa shape index (κ1) is 14.6. The first-order chi connectivity index (χ1) is 7.17. The van der Waals surface area contributed by atoms with Crippen molar-refractivity contribution in [3.05, 3.63) is 24.3 Å². The summed E-state index contributed by atoms with van der Waals surface area (Å²) in [4.78, 5) is 12.8. The molecule has 1 rings (SSSR count). The fourth-order valence-electron chi connectivity index (χ4n) is 1.49. The summed E-state index contributed by atoms with van der Waals surface area (Å²) >= 11 is 0. The van der Waals surface area contributed by atoms with Crippen LogP contribution in [0.3, 0.4) is 0 Å². The SMILES string of the molecule is CCN(CC)c1ccc(NC(N)=O)cc1.Cl. The van der Waals surface area contributed by atoms with Crippen molar-refractivity contribution in [2.45, 2.75) is 13.8 Å². The van der Waals surface area contributed by atoms with Gasteiger partial charge < -0.3 is 16.0 Å². The minimum atomic E-state index is -0.536. The Hall–Kier alpha value is -1.42. The largest absolute Gasteiger partial charge is 0.372 e. The highest BCUT2D eigenvalue weighted by molar-refractivity contribution is 5.87. The number of amides is 2. The smallest absolute Gasteiger partial charge is 0.316 e. The minimum absolute atomic E-state index is 0. The van der Waals surface area contributed by atoms with Crippen LogP contribution in [0.2, 0.25) is 0 Å². The van der Waals surface area contributed by atoms with Gasteiger partial charge in [-0.15, -0.1) is 12.4 Å². The highest BCUT2D eigenvalue weighted by Gasteiger charge is 2.01. The van der Waals surface area contributed by atoms with Crippen molar-refractivity contribution in [1.29, 1.82) is 0 Å². The topological polar surface area (TPSA) is 58.4 Å². The molecule has 5 heteroatoms. The van der Waals surface area contributed by atoms with E-state index in [2.05, 4.69) is 24.1 Å². The number of halogens is 1. The lowest BCUT2D eigenvalue weighted by Crippen LogP contribution is -2.22. The van der Waals surface area contributed by atoms with Crippen LogP contribution < -0.4 is 16.0 Å². The minimum Gasteiger partial charge on any atom is -0.372 e. The molecular weight excluding hydrogens is 226 g/mol. The van der Waals surface area contributed by atoms with Crippen LogP contribution in [0.15, 0.2) is 24.3 Å². The molecular formula is C11H18ClN3O. The Bertz CT molecular complexity index is 323. The van der Waals surface area contributed by atoms with Crippen molar-refractivity contribution in [2.75, 3.05) is 23.3 Å². The summed E-state index contributed by atoms with van der Waals surface area (Å²) < 4.78 is 0. The van der Waals surface area contributed by atoms with Gasteiger partial charge in [0.15, 0.2) is 0 Å². The van der Waals surface area contributed by atoms with Gasteiger partial charge in [-0.3, -0.25) is 0 Å². The van der Waals surface area contributed by atoms with Crippen LogP contribution in [0.4, 0.5) is 16.2 Å². The third-order valence-electron chi connectivity index (χ3n) is 2.26. The molecule has 0 heterocycles. The molecule has 0 saturated carbocycles. The van der Waals surface area contributed by atoms with Gasteiger partial charge in [0.25, 0.3) is 0 Å².